The minimum absolute atomic E-state index is 0.0918. The zero-order chi connectivity index (χ0) is 30.6. The molecule has 0 saturated heterocycles. The van der Waals surface area contributed by atoms with Gasteiger partial charge in [0.15, 0.2) is 11.5 Å². The van der Waals surface area contributed by atoms with Gasteiger partial charge in [0.2, 0.25) is 5.91 Å². The average molecular weight is 573 g/mol. The van der Waals surface area contributed by atoms with Gasteiger partial charge in [-0.25, -0.2) is 0 Å². The van der Waals surface area contributed by atoms with E-state index in [0.717, 1.165) is 42.4 Å². The number of nitrogens with zero attached hydrogens (tertiary/aromatic N) is 5. The highest BCUT2D eigenvalue weighted by Gasteiger charge is 2.26. The number of aryl methyl sites for hydroxylation is 1. The van der Waals surface area contributed by atoms with Gasteiger partial charge in [-0.1, -0.05) is 40.2 Å². The molecule has 0 aliphatic rings. The van der Waals surface area contributed by atoms with Crippen LogP contribution in [0.15, 0.2) is 30.3 Å². The number of carbonyl (C=O) groups excluding carboxylic acids is 1. The molecule has 0 aliphatic heterocycles. The molecule has 0 bridgehead atoms. The zero-order valence-corrected chi connectivity index (χ0v) is 26.5. The van der Waals surface area contributed by atoms with Crippen molar-refractivity contribution >= 4 is 29.0 Å². The fraction of sp³-hybridized carbons (Fsp3) is 0.455. The van der Waals surface area contributed by atoms with E-state index in [1.807, 2.05) is 6.07 Å². The molecule has 2 aromatic carbocycles. The lowest BCUT2D eigenvalue weighted by atomic mass is 9.90. The molecule has 4 rings (SSSR count). The standard InChI is InChI=1S/C33H44N6O3/c1-10-13-14-28(40)34-29-25(19-24(41-8)20-27(29)42-9)31-35-36-32-26(30(33(5,6)7)37-39(31)32)18-22-15-16-23(17-21(22)4)38(11-2)12-3/h15-20H,10-14H2,1-9H3,(H,34,40)/b26-18-. The van der Waals surface area contributed by atoms with Crippen molar-refractivity contribution in [2.45, 2.75) is 73.1 Å². The Morgan fingerprint density at radius 3 is 2.38 bits per heavy atom. The number of hydrogen-bond donors (Lipinski definition) is 1. The monoisotopic (exact) mass is 572 g/mol. The van der Waals surface area contributed by atoms with E-state index in [2.05, 4.69) is 93.2 Å². The number of carbonyl (C=O) groups is 1. The number of aromatic nitrogens is 4. The number of fused-ring (bicyclic) bond motifs is 1. The summed E-state index contributed by atoms with van der Waals surface area (Å²) in [5, 5.41) is 18.2. The maximum Gasteiger partial charge on any atom is 0.224 e. The third-order valence-corrected chi connectivity index (χ3v) is 7.52. The fourth-order valence-electron chi connectivity index (χ4n) is 5.13. The van der Waals surface area contributed by atoms with Crippen LogP contribution in [0.3, 0.4) is 0 Å². The smallest absolute Gasteiger partial charge is 0.224 e. The summed E-state index contributed by atoms with van der Waals surface area (Å²) in [7, 11) is 3.16. The molecule has 2 heterocycles. The lowest BCUT2D eigenvalue weighted by Crippen LogP contribution is -2.22. The van der Waals surface area contributed by atoms with Crippen LogP contribution in [0, 0.1) is 6.92 Å². The molecule has 2 aromatic heterocycles. The van der Waals surface area contributed by atoms with E-state index in [-0.39, 0.29) is 11.3 Å². The first kappa shape index (κ1) is 30.8. The first-order valence-electron chi connectivity index (χ1n) is 14.7. The van der Waals surface area contributed by atoms with Crippen molar-refractivity contribution in [3.05, 3.63) is 52.4 Å². The molecule has 0 aliphatic carbocycles. The Kier molecular flexibility index (Phi) is 9.39. The lowest BCUT2D eigenvalue weighted by molar-refractivity contribution is -0.116. The average Bonchev–Trinajstić information content (AvgIpc) is 3.54. The maximum absolute atomic E-state index is 12.8. The highest BCUT2D eigenvalue weighted by molar-refractivity contribution is 5.97. The van der Waals surface area contributed by atoms with Gasteiger partial charge in [-0.15, -0.1) is 10.2 Å². The van der Waals surface area contributed by atoms with Gasteiger partial charge >= 0.3 is 0 Å². The van der Waals surface area contributed by atoms with Gasteiger partial charge < -0.3 is 19.7 Å². The van der Waals surface area contributed by atoms with E-state index in [1.165, 1.54) is 11.3 Å². The predicted molar refractivity (Wildman–Crippen MR) is 170 cm³/mol. The summed E-state index contributed by atoms with van der Waals surface area (Å²) in [4.78, 5) is 15.2. The number of amides is 1. The molecular formula is C33H44N6O3. The van der Waals surface area contributed by atoms with Gasteiger partial charge in [-0.05, 0) is 62.6 Å². The number of unbranched alkanes of at least 4 members (excludes halogenated alkanes) is 1. The topological polar surface area (TPSA) is 93.9 Å². The predicted octanol–water partition coefficient (Wildman–Crippen LogP) is 5.94. The second kappa shape index (κ2) is 12.8. The molecule has 0 fully saturated rings. The highest BCUT2D eigenvalue weighted by atomic mass is 16.5. The molecule has 0 saturated carbocycles. The van der Waals surface area contributed by atoms with Gasteiger partial charge in [0.25, 0.3) is 0 Å². The maximum atomic E-state index is 12.8. The van der Waals surface area contributed by atoms with Crippen LogP contribution in [-0.4, -0.2) is 53.0 Å². The van der Waals surface area contributed by atoms with Crippen molar-refractivity contribution in [1.29, 1.82) is 0 Å². The van der Waals surface area contributed by atoms with E-state index in [9.17, 15) is 4.79 Å². The Balaban J connectivity index is 1.94. The van der Waals surface area contributed by atoms with Crippen LogP contribution in [0.25, 0.3) is 23.1 Å². The SMILES string of the molecule is CCCCC(=O)Nc1c(OC)cc(OC)cc1-c1nnc2/c(=C\c3ccc(N(CC)CC)cc3C)c(C(C)(C)C)nn12. The van der Waals surface area contributed by atoms with Crippen molar-refractivity contribution in [3.8, 4) is 22.9 Å². The van der Waals surface area contributed by atoms with Crippen molar-refractivity contribution < 1.29 is 14.3 Å². The highest BCUT2D eigenvalue weighted by Crippen LogP contribution is 2.39. The molecule has 1 N–H and O–H groups in total. The summed E-state index contributed by atoms with van der Waals surface area (Å²) >= 11 is 0. The van der Waals surface area contributed by atoms with E-state index >= 15 is 0 Å². The van der Waals surface area contributed by atoms with E-state index in [0.29, 0.717) is 40.6 Å². The quantitative estimate of drug-likeness (QED) is 0.238. The Morgan fingerprint density at radius 2 is 1.79 bits per heavy atom. The summed E-state index contributed by atoms with van der Waals surface area (Å²) in [5.74, 6) is 1.45. The number of ether oxygens (including phenoxy) is 2. The molecule has 1 amide bonds. The zero-order valence-electron chi connectivity index (χ0n) is 26.5. The number of nitrogens with one attached hydrogen (secondary N) is 1. The van der Waals surface area contributed by atoms with E-state index < -0.39 is 0 Å². The van der Waals surface area contributed by atoms with E-state index in [4.69, 9.17) is 14.6 Å². The molecule has 0 spiro atoms. The van der Waals surface area contributed by atoms with E-state index in [1.54, 1.807) is 24.8 Å². The van der Waals surface area contributed by atoms with Crippen LogP contribution in [0.4, 0.5) is 11.4 Å². The molecule has 9 nitrogen and oxygen atoms in total. The fourth-order valence-corrected chi connectivity index (χ4v) is 5.13. The third kappa shape index (κ3) is 6.20. The second-order valence-electron chi connectivity index (χ2n) is 11.5. The van der Waals surface area contributed by atoms with Gasteiger partial charge in [0.1, 0.15) is 11.5 Å². The largest absolute Gasteiger partial charge is 0.497 e. The van der Waals surface area contributed by atoms with Crippen LogP contribution < -0.4 is 24.9 Å². The summed E-state index contributed by atoms with van der Waals surface area (Å²) in [6.45, 7) is 16.9. The summed E-state index contributed by atoms with van der Waals surface area (Å²) in [6, 6.07) is 10.1. The van der Waals surface area contributed by atoms with Crippen molar-refractivity contribution in [2.75, 3.05) is 37.5 Å². The number of rotatable bonds is 11. The second-order valence-corrected chi connectivity index (χ2v) is 11.5. The third-order valence-electron chi connectivity index (χ3n) is 7.52. The van der Waals surface area contributed by atoms with Crippen LogP contribution in [-0.2, 0) is 10.2 Å². The van der Waals surface area contributed by atoms with Crippen LogP contribution in [0.1, 0.15) is 77.6 Å². The van der Waals surface area contributed by atoms with Crippen molar-refractivity contribution in [2.24, 2.45) is 0 Å². The molecule has 4 aromatic rings. The number of benzene rings is 2. The van der Waals surface area contributed by atoms with Crippen LogP contribution >= 0.6 is 0 Å². The first-order chi connectivity index (χ1) is 20.1. The Morgan fingerprint density at radius 1 is 1.05 bits per heavy atom. The normalized spacial score (nSPS) is 12.2. The molecule has 42 heavy (non-hydrogen) atoms. The molecule has 0 radical (unpaired) electrons. The van der Waals surface area contributed by atoms with Crippen molar-refractivity contribution in [3.63, 3.8) is 0 Å². The lowest BCUT2D eigenvalue weighted by Gasteiger charge is -2.22. The van der Waals surface area contributed by atoms with Gasteiger partial charge in [0.05, 0.1) is 31.2 Å². The van der Waals surface area contributed by atoms with Gasteiger partial charge in [-0.3, -0.25) is 4.79 Å². The first-order valence-corrected chi connectivity index (χ1v) is 14.7. The van der Waals surface area contributed by atoms with Gasteiger partial charge in [0, 0.05) is 41.9 Å². The molecule has 224 valence electrons. The summed E-state index contributed by atoms with van der Waals surface area (Å²) in [5.41, 5.74) is 5.91. The number of anilines is 2. The van der Waals surface area contributed by atoms with Crippen LogP contribution in [0.5, 0.6) is 11.5 Å². The van der Waals surface area contributed by atoms with Crippen molar-refractivity contribution in [1.82, 2.24) is 19.8 Å². The summed E-state index contributed by atoms with van der Waals surface area (Å²) < 4.78 is 13.0. The molecular weight excluding hydrogens is 528 g/mol. The number of methoxy groups -OCH3 is 2. The summed E-state index contributed by atoms with van der Waals surface area (Å²) in [6.07, 6.45) is 4.29. The molecule has 0 atom stereocenters. The molecule has 9 heteroatoms. The number of hydrogen-bond acceptors (Lipinski definition) is 7. The Labute approximate surface area is 248 Å². The Bertz CT molecular complexity index is 1620. The molecule has 0 unspecified atom stereocenters. The minimum Gasteiger partial charge on any atom is -0.497 e. The Hall–Kier alpha value is -4.14. The minimum atomic E-state index is -0.262. The van der Waals surface area contributed by atoms with Crippen LogP contribution in [0.2, 0.25) is 0 Å². The van der Waals surface area contributed by atoms with Gasteiger partial charge in [-0.2, -0.15) is 9.61 Å².